The van der Waals surface area contributed by atoms with Gasteiger partial charge in [0.15, 0.2) is 0 Å². The Labute approximate surface area is 230 Å². The van der Waals surface area contributed by atoms with E-state index in [-0.39, 0.29) is 28.7 Å². The molecule has 1 saturated heterocycles. The van der Waals surface area contributed by atoms with Crippen molar-refractivity contribution in [2.45, 2.75) is 36.1 Å². The lowest BCUT2D eigenvalue weighted by Crippen LogP contribution is -2.61. The molecule has 0 spiro atoms. The van der Waals surface area contributed by atoms with Crippen LogP contribution in [0.5, 0.6) is 0 Å². The first-order valence-electron chi connectivity index (χ1n) is 12.6. The number of urea groups is 1. The van der Waals surface area contributed by atoms with Crippen molar-refractivity contribution in [3.8, 4) is 11.1 Å². The van der Waals surface area contributed by atoms with Crippen LogP contribution in [0.25, 0.3) is 21.9 Å². The second kappa shape index (κ2) is 9.75. The van der Waals surface area contributed by atoms with E-state index in [1.807, 2.05) is 42.5 Å². The molecule has 4 aromatic rings. The summed E-state index contributed by atoms with van der Waals surface area (Å²) in [6.07, 6.45) is 5.02. The second-order valence-electron chi connectivity index (χ2n) is 10.00. The summed E-state index contributed by atoms with van der Waals surface area (Å²) in [5.41, 5.74) is 2.82. The molecule has 2 fully saturated rings. The number of amides is 3. The Kier molecular flexibility index (Phi) is 6.37. The van der Waals surface area contributed by atoms with Gasteiger partial charge in [0.05, 0.1) is 22.7 Å². The van der Waals surface area contributed by atoms with E-state index in [1.54, 1.807) is 24.5 Å². The molecular formula is C29H25ClN4O4S. The minimum absolute atomic E-state index is 0.0165. The van der Waals surface area contributed by atoms with Gasteiger partial charge in [0, 0.05) is 28.0 Å². The first-order chi connectivity index (χ1) is 18.7. The number of nitrogens with two attached hydrogens (primary N) is 1. The van der Waals surface area contributed by atoms with E-state index < -0.39 is 16.1 Å². The van der Waals surface area contributed by atoms with Gasteiger partial charge < -0.3 is 5.32 Å². The van der Waals surface area contributed by atoms with E-state index in [0.717, 1.165) is 21.9 Å². The number of primary sulfonamides is 1. The van der Waals surface area contributed by atoms with Crippen molar-refractivity contribution in [1.82, 2.24) is 10.3 Å². The van der Waals surface area contributed by atoms with Crippen LogP contribution in [0.4, 0.5) is 10.5 Å². The number of carbonyl (C=O) groups excluding carboxylic acids is 2. The molecule has 2 heterocycles. The largest absolute Gasteiger partial charge is 0.334 e. The van der Waals surface area contributed by atoms with E-state index in [4.69, 9.17) is 16.7 Å². The van der Waals surface area contributed by atoms with Crippen molar-refractivity contribution in [3.05, 3.63) is 89.7 Å². The summed E-state index contributed by atoms with van der Waals surface area (Å²) >= 11 is 6.72. The monoisotopic (exact) mass is 560 g/mol. The maximum atomic E-state index is 13.7. The van der Waals surface area contributed by atoms with E-state index in [9.17, 15) is 18.0 Å². The smallest absolute Gasteiger partial charge is 0.329 e. The maximum absolute atomic E-state index is 13.7. The average Bonchev–Trinajstić information content (AvgIpc) is 2.92. The van der Waals surface area contributed by atoms with E-state index in [0.29, 0.717) is 35.5 Å². The zero-order chi connectivity index (χ0) is 27.3. The molecule has 0 radical (unpaired) electrons. The van der Waals surface area contributed by atoms with Crippen LogP contribution in [0.2, 0.25) is 5.02 Å². The Morgan fingerprint density at radius 1 is 0.974 bits per heavy atom. The summed E-state index contributed by atoms with van der Waals surface area (Å²) < 4.78 is 23.9. The second-order valence-corrected chi connectivity index (χ2v) is 12.0. The number of hydrogen-bond donors (Lipinski definition) is 2. The highest BCUT2D eigenvalue weighted by Crippen LogP contribution is 2.45. The van der Waals surface area contributed by atoms with Crippen molar-refractivity contribution < 1.29 is 18.0 Å². The Hall–Kier alpha value is -3.79. The molecule has 3 unspecified atom stereocenters. The fourth-order valence-electron chi connectivity index (χ4n) is 5.93. The van der Waals surface area contributed by atoms with Gasteiger partial charge in [0.25, 0.3) is 0 Å². The summed E-state index contributed by atoms with van der Waals surface area (Å²) in [5.74, 6) is -0.665. The molecule has 39 heavy (non-hydrogen) atoms. The average molecular weight is 561 g/mol. The van der Waals surface area contributed by atoms with Crippen molar-refractivity contribution >= 4 is 50.0 Å². The summed E-state index contributed by atoms with van der Waals surface area (Å²) in [5, 5.41) is 10.6. The Morgan fingerprint density at radius 3 is 2.59 bits per heavy atom. The van der Waals surface area contributed by atoms with Crippen molar-refractivity contribution in [1.29, 1.82) is 0 Å². The lowest BCUT2D eigenvalue weighted by atomic mass is 9.72. The number of anilines is 1. The predicted octanol–water partition coefficient (Wildman–Crippen LogP) is 5.21. The van der Waals surface area contributed by atoms with Gasteiger partial charge in [-0.3, -0.25) is 9.78 Å². The number of rotatable bonds is 4. The maximum Gasteiger partial charge on any atom is 0.329 e. The van der Waals surface area contributed by atoms with Gasteiger partial charge in [-0.15, -0.1) is 0 Å². The van der Waals surface area contributed by atoms with Gasteiger partial charge in [-0.05, 0) is 60.1 Å². The summed E-state index contributed by atoms with van der Waals surface area (Å²) in [7, 11) is -3.88. The molecule has 8 nitrogen and oxygen atoms in total. The van der Waals surface area contributed by atoms with Crippen LogP contribution in [0.1, 0.15) is 30.7 Å². The van der Waals surface area contributed by atoms with Gasteiger partial charge >= 0.3 is 6.03 Å². The standard InChI is InChI=1S/C29H25ClN4O4S/c30-24-10-4-9-22(17-6-3-7-20(13-17)39(31,37)38)27(24)18-11-12-23-25(14-18)33-29(36)34(28(23)35)26-16-32-15-19-5-1-2-8-21(19)26/h1-10,13,15-16,18,23,25H,11-12,14H2,(H,33,36)(H2,31,37,38). The number of pyridine rings is 1. The highest BCUT2D eigenvalue weighted by atomic mass is 35.5. The fraction of sp³-hybridized carbons (Fsp3) is 0.207. The minimum Gasteiger partial charge on any atom is -0.334 e. The summed E-state index contributed by atoms with van der Waals surface area (Å²) in [6.45, 7) is 0. The lowest BCUT2D eigenvalue weighted by molar-refractivity contribution is -0.124. The summed E-state index contributed by atoms with van der Waals surface area (Å²) in [6, 6.07) is 18.7. The Balaban J connectivity index is 1.31. The van der Waals surface area contributed by atoms with Gasteiger partial charge in [0.2, 0.25) is 15.9 Å². The fourth-order valence-corrected chi connectivity index (χ4v) is 6.82. The van der Waals surface area contributed by atoms with Crippen LogP contribution < -0.4 is 15.4 Å². The van der Waals surface area contributed by atoms with E-state index in [1.165, 1.54) is 17.0 Å². The van der Waals surface area contributed by atoms with Crippen LogP contribution >= 0.6 is 11.6 Å². The van der Waals surface area contributed by atoms with E-state index in [2.05, 4.69) is 10.3 Å². The number of aromatic nitrogens is 1. The molecule has 6 rings (SSSR count). The Morgan fingerprint density at radius 2 is 1.77 bits per heavy atom. The first kappa shape index (κ1) is 25.5. The molecule has 1 aliphatic carbocycles. The highest BCUT2D eigenvalue weighted by Gasteiger charge is 2.46. The quantitative estimate of drug-likeness (QED) is 0.355. The zero-order valence-electron chi connectivity index (χ0n) is 20.7. The predicted molar refractivity (Wildman–Crippen MR) is 150 cm³/mol. The first-order valence-corrected chi connectivity index (χ1v) is 14.5. The highest BCUT2D eigenvalue weighted by molar-refractivity contribution is 7.89. The Bertz CT molecular complexity index is 1740. The van der Waals surface area contributed by atoms with Crippen molar-refractivity contribution in [2.75, 3.05) is 4.90 Å². The van der Waals surface area contributed by atoms with Crippen molar-refractivity contribution in [3.63, 3.8) is 0 Å². The number of nitrogens with one attached hydrogen (secondary N) is 1. The molecule has 3 aromatic carbocycles. The molecule has 3 amide bonds. The lowest BCUT2D eigenvalue weighted by Gasteiger charge is -2.43. The third-order valence-corrected chi connectivity index (χ3v) is 8.96. The molecule has 3 N–H and O–H groups in total. The number of hydrogen-bond acceptors (Lipinski definition) is 5. The molecule has 198 valence electrons. The number of imide groups is 1. The van der Waals surface area contributed by atoms with Crippen LogP contribution in [-0.4, -0.2) is 31.4 Å². The molecule has 1 aliphatic heterocycles. The van der Waals surface area contributed by atoms with E-state index >= 15 is 0 Å². The van der Waals surface area contributed by atoms with Gasteiger partial charge in [-0.25, -0.2) is 23.3 Å². The van der Waals surface area contributed by atoms with Crippen LogP contribution in [0.3, 0.4) is 0 Å². The number of benzene rings is 3. The molecule has 0 bridgehead atoms. The van der Waals surface area contributed by atoms with Crippen LogP contribution in [0.15, 0.2) is 84.0 Å². The molecule has 2 aliphatic rings. The molecule has 1 aromatic heterocycles. The number of halogens is 1. The number of carbonyl (C=O) groups is 2. The van der Waals surface area contributed by atoms with Gasteiger partial charge in [-0.2, -0.15) is 0 Å². The van der Waals surface area contributed by atoms with Gasteiger partial charge in [0.1, 0.15) is 0 Å². The molecular weight excluding hydrogens is 536 g/mol. The molecule has 1 saturated carbocycles. The third kappa shape index (κ3) is 4.56. The SMILES string of the molecule is NS(=O)(=O)c1cccc(-c2cccc(Cl)c2C2CCC3C(=O)N(c4cncc5ccccc45)C(=O)NC3C2)c1. The topological polar surface area (TPSA) is 122 Å². The third-order valence-electron chi connectivity index (χ3n) is 7.72. The number of nitrogens with zero attached hydrogens (tertiary/aromatic N) is 2. The van der Waals surface area contributed by atoms with Crippen molar-refractivity contribution in [2.24, 2.45) is 11.1 Å². The molecule has 10 heteroatoms. The summed E-state index contributed by atoms with van der Waals surface area (Å²) in [4.78, 5) is 32.5. The minimum atomic E-state index is -3.88. The van der Waals surface area contributed by atoms with Crippen LogP contribution in [-0.2, 0) is 14.8 Å². The normalized spacial score (nSPS) is 21.5. The number of fused-ring (bicyclic) bond motifs is 2. The van der Waals surface area contributed by atoms with Crippen LogP contribution in [0, 0.1) is 5.92 Å². The number of sulfonamides is 1. The van der Waals surface area contributed by atoms with Gasteiger partial charge in [-0.1, -0.05) is 60.1 Å². The zero-order valence-corrected chi connectivity index (χ0v) is 22.3. The molecule has 3 atom stereocenters.